The van der Waals surface area contributed by atoms with Gasteiger partial charge in [0.15, 0.2) is 0 Å². The Kier molecular flexibility index (Phi) is 10.1. The molecular formula is C35H46. The molecule has 2 aromatic carbocycles. The molecule has 2 fully saturated rings. The van der Waals surface area contributed by atoms with Crippen LogP contribution in [0.25, 0.3) is 0 Å². The van der Waals surface area contributed by atoms with Crippen LogP contribution in [0.15, 0.2) is 60.7 Å². The standard InChI is InChI=1S/C35H46/c1-3-5-6-9-29-14-22-34(23-15-29)35-26-18-31(19-27-35)11-8-7-10-30-16-24-33(25-17-30)32-20-12-28(4-2)13-21-32/h8,11,14-17,22-25,28,31-32,35H,3-6,9,12-13,18-21,26-27H2,1-2H3. The van der Waals surface area contributed by atoms with E-state index in [2.05, 4.69) is 86.4 Å². The highest BCUT2D eigenvalue weighted by Gasteiger charge is 2.21. The second-order valence-corrected chi connectivity index (χ2v) is 11.2. The third kappa shape index (κ3) is 7.87. The zero-order valence-electron chi connectivity index (χ0n) is 22.3. The van der Waals surface area contributed by atoms with Crippen molar-refractivity contribution in [3.8, 4) is 11.8 Å². The number of aryl methyl sites for hydroxylation is 1. The molecule has 35 heavy (non-hydrogen) atoms. The van der Waals surface area contributed by atoms with Gasteiger partial charge in [-0.15, -0.1) is 0 Å². The molecule has 0 radical (unpaired) electrons. The average Bonchev–Trinajstić information content (AvgIpc) is 2.92. The van der Waals surface area contributed by atoms with E-state index in [-0.39, 0.29) is 0 Å². The minimum absolute atomic E-state index is 0.689. The van der Waals surface area contributed by atoms with Crippen LogP contribution >= 0.6 is 0 Å². The van der Waals surface area contributed by atoms with Gasteiger partial charge in [0.2, 0.25) is 0 Å². The Hall–Kier alpha value is -2.26. The van der Waals surface area contributed by atoms with E-state index in [9.17, 15) is 0 Å². The first-order valence-electron chi connectivity index (χ1n) is 14.6. The molecule has 0 spiro atoms. The van der Waals surface area contributed by atoms with Gasteiger partial charge in [-0.1, -0.05) is 87.4 Å². The summed E-state index contributed by atoms with van der Waals surface area (Å²) < 4.78 is 0. The number of unbranched alkanes of at least 4 members (excludes halogenated alkanes) is 2. The minimum atomic E-state index is 0.689. The van der Waals surface area contributed by atoms with Crippen LogP contribution in [-0.2, 0) is 6.42 Å². The van der Waals surface area contributed by atoms with E-state index in [1.165, 1.54) is 94.6 Å². The van der Waals surface area contributed by atoms with E-state index < -0.39 is 0 Å². The number of allylic oxidation sites excluding steroid dienone is 2. The summed E-state index contributed by atoms with van der Waals surface area (Å²) in [5, 5.41) is 0. The zero-order valence-corrected chi connectivity index (χ0v) is 22.3. The van der Waals surface area contributed by atoms with E-state index in [1.54, 1.807) is 5.56 Å². The molecule has 0 saturated heterocycles. The molecule has 0 aliphatic heterocycles. The van der Waals surface area contributed by atoms with Crippen molar-refractivity contribution in [2.75, 3.05) is 0 Å². The molecule has 186 valence electrons. The van der Waals surface area contributed by atoms with Crippen molar-refractivity contribution in [1.29, 1.82) is 0 Å². The van der Waals surface area contributed by atoms with Gasteiger partial charge in [-0.2, -0.15) is 0 Å². The van der Waals surface area contributed by atoms with Gasteiger partial charge >= 0.3 is 0 Å². The van der Waals surface area contributed by atoms with Crippen LogP contribution in [0.4, 0.5) is 0 Å². The fourth-order valence-electron chi connectivity index (χ4n) is 6.23. The summed E-state index contributed by atoms with van der Waals surface area (Å²) in [5.74, 6) is 9.81. The highest BCUT2D eigenvalue weighted by atomic mass is 14.3. The van der Waals surface area contributed by atoms with Crippen LogP contribution in [0.3, 0.4) is 0 Å². The average molecular weight is 467 g/mol. The second-order valence-electron chi connectivity index (χ2n) is 11.2. The van der Waals surface area contributed by atoms with Gasteiger partial charge in [0.1, 0.15) is 0 Å². The van der Waals surface area contributed by atoms with E-state index in [1.807, 2.05) is 0 Å². The molecular weight excluding hydrogens is 420 g/mol. The lowest BCUT2D eigenvalue weighted by Gasteiger charge is -2.28. The molecule has 2 aliphatic carbocycles. The van der Waals surface area contributed by atoms with Crippen molar-refractivity contribution >= 4 is 0 Å². The van der Waals surface area contributed by atoms with E-state index in [4.69, 9.17) is 0 Å². The predicted octanol–water partition coefficient (Wildman–Crippen LogP) is 9.98. The molecule has 0 atom stereocenters. The quantitative estimate of drug-likeness (QED) is 0.268. The highest BCUT2D eigenvalue weighted by molar-refractivity contribution is 5.39. The van der Waals surface area contributed by atoms with Gasteiger partial charge in [-0.3, -0.25) is 0 Å². The van der Waals surface area contributed by atoms with Crippen molar-refractivity contribution in [2.45, 2.75) is 109 Å². The third-order valence-corrected chi connectivity index (χ3v) is 8.77. The van der Waals surface area contributed by atoms with Crippen LogP contribution in [0.2, 0.25) is 0 Å². The van der Waals surface area contributed by atoms with Crippen molar-refractivity contribution < 1.29 is 0 Å². The Balaban J connectivity index is 1.20. The fraction of sp³-hybridized carbons (Fsp3) is 0.543. The first-order chi connectivity index (χ1) is 17.2. The van der Waals surface area contributed by atoms with Gasteiger partial charge in [0, 0.05) is 5.56 Å². The molecule has 0 heteroatoms. The molecule has 0 aromatic heterocycles. The van der Waals surface area contributed by atoms with Crippen LogP contribution in [0.5, 0.6) is 0 Å². The van der Waals surface area contributed by atoms with Gasteiger partial charge in [-0.25, -0.2) is 0 Å². The molecule has 2 aliphatic rings. The van der Waals surface area contributed by atoms with E-state index >= 15 is 0 Å². The summed E-state index contributed by atoms with van der Waals surface area (Å²) in [6.45, 7) is 4.62. The Bertz CT molecular complexity index is 949. The smallest absolute Gasteiger partial charge is 0.0249 e. The molecule has 2 aromatic rings. The topological polar surface area (TPSA) is 0 Å². The predicted molar refractivity (Wildman–Crippen MR) is 152 cm³/mol. The first kappa shape index (κ1) is 25.8. The van der Waals surface area contributed by atoms with Gasteiger partial charge in [-0.05, 0) is 123 Å². The molecule has 0 nitrogen and oxygen atoms in total. The summed E-state index contributed by atoms with van der Waals surface area (Å²) in [6, 6.07) is 18.6. The van der Waals surface area contributed by atoms with Gasteiger partial charge in [0.05, 0.1) is 0 Å². The minimum Gasteiger partial charge on any atom is -0.0730 e. The highest BCUT2D eigenvalue weighted by Crippen LogP contribution is 2.37. The summed E-state index contributed by atoms with van der Waals surface area (Å²) in [7, 11) is 0. The Labute approximate surface area is 215 Å². The lowest BCUT2D eigenvalue weighted by Crippen LogP contribution is -2.12. The number of hydrogen-bond donors (Lipinski definition) is 0. The molecule has 0 unspecified atom stereocenters. The van der Waals surface area contributed by atoms with E-state index in [0.29, 0.717) is 5.92 Å². The van der Waals surface area contributed by atoms with Crippen molar-refractivity contribution in [3.05, 3.63) is 82.9 Å². The molecule has 0 amide bonds. The summed E-state index contributed by atoms with van der Waals surface area (Å²) in [6.07, 6.45) is 21.7. The number of rotatable bonds is 8. The molecule has 2 saturated carbocycles. The lowest BCUT2D eigenvalue weighted by atomic mass is 9.78. The monoisotopic (exact) mass is 466 g/mol. The van der Waals surface area contributed by atoms with Crippen LogP contribution in [0.1, 0.15) is 125 Å². The maximum absolute atomic E-state index is 3.35. The molecule has 0 heterocycles. The first-order valence-corrected chi connectivity index (χ1v) is 14.6. The second kappa shape index (κ2) is 13.7. The summed E-state index contributed by atoms with van der Waals surface area (Å²) >= 11 is 0. The summed E-state index contributed by atoms with van der Waals surface area (Å²) in [5.41, 5.74) is 5.71. The maximum atomic E-state index is 3.35. The molecule has 4 rings (SSSR count). The Morgan fingerprint density at radius 2 is 1.31 bits per heavy atom. The van der Waals surface area contributed by atoms with Gasteiger partial charge in [0.25, 0.3) is 0 Å². The number of benzene rings is 2. The normalized spacial score (nSPS) is 24.7. The van der Waals surface area contributed by atoms with Crippen molar-refractivity contribution in [2.24, 2.45) is 11.8 Å². The Morgan fingerprint density at radius 3 is 1.91 bits per heavy atom. The van der Waals surface area contributed by atoms with Crippen LogP contribution < -0.4 is 0 Å². The summed E-state index contributed by atoms with van der Waals surface area (Å²) in [4.78, 5) is 0. The largest absolute Gasteiger partial charge is 0.0730 e. The zero-order chi connectivity index (χ0) is 24.3. The van der Waals surface area contributed by atoms with E-state index in [0.717, 1.165) is 23.3 Å². The van der Waals surface area contributed by atoms with Crippen LogP contribution in [-0.4, -0.2) is 0 Å². The SMILES string of the molecule is CCCCCc1ccc(C2CCC(C=CC#Cc3ccc(C4CCC(CC)CC4)cc3)CC2)cc1. The lowest BCUT2D eigenvalue weighted by molar-refractivity contribution is 0.319. The van der Waals surface area contributed by atoms with Crippen molar-refractivity contribution in [3.63, 3.8) is 0 Å². The van der Waals surface area contributed by atoms with Crippen LogP contribution in [0, 0.1) is 23.7 Å². The molecule has 0 bridgehead atoms. The fourth-order valence-corrected chi connectivity index (χ4v) is 6.23. The van der Waals surface area contributed by atoms with Crippen molar-refractivity contribution in [1.82, 2.24) is 0 Å². The third-order valence-electron chi connectivity index (χ3n) is 8.77. The maximum Gasteiger partial charge on any atom is 0.0249 e. The van der Waals surface area contributed by atoms with Gasteiger partial charge < -0.3 is 0 Å². The Morgan fingerprint density at radius 1 is 0.714 bits per heavy atom. The molecule has 0 N–H and O–H groups in total. The number of hydrogen-bond acceptors (Lipinski definition) is 0.